The Bertz CT molecular complexity index is 604. The molecule has 0 aliphatic rings. The van der Waals surface area contributed by atoms with Gasteiger partial charge in [0.05, 0.1) is 7.11 Å². The monoisotopic (exact) mass is 276 g/mol. The summed E-state index contributed by atoms with van der Waals surface area (Å²) >= 11 is 0. The number of amides is 1. The molecule has 0 saturated heterocycles. The quantitative estimate of drug-likeness (QED) is 0.795. The zero-order valence-corrected chi connectivity index (χ0v) is 12.1. The molecule has 0 atom stereocenters. The number of rotatable bonds is 6. The molecule has 1 aromatic heterocycles. The fourth-order valence-corrected chi connectivity index (χ4v) is 2.18. The Balaban J connectivity index is 2.17. The van der Waals surface area contributed by atoms with E-state index in [9.17, 15) is 4.79 Å². The molecule has 2 rings (SSSR count). The fourth-order valence-electron chi connectivity index (χ4n) is 2.18. The number of aryl methyl sites for hydroxylation is 1. The van der Waals surface area contributed by atoms with Crippen LogP contribution >= 0.6 is 0 Å². The van der Waals surface area contributed by atoms with Crippen molar-refractivity contribution in [3.63, 3.8) is 0 Å². The minimum Gasteiger partial charge on any atom is -0.497 e. The molecule has 0 spiro atoms. The summed E-state index contributed by atoms with van der Waals surface area (Å²) in [5.41, 5.74) is 2.46. The van der Waals surface area contributed by atoms with Gasteiger partial charge in [0.15, 0.2) is 0 Å². The molecule has 0 saturated carbocycles. The van der Waals surface area contributed by atoms with Crippen LogP contribution in [-0.4, -0.2) is 38.3 Å². The maximum absolute atomic E-state index is 12.1. The zero-order chi connectivity index (χ0) is 14.5. The second kappa shape index (κ2) is 6.43. The Morgan fingerprint density at radius 3 is 2.85 bits per heavy atom. The van der Waals surface area contributed by atoms with Crippen LogP contribution in [0.25, 0.3) is 10.9 Å². The van der Waals surface area contributed by atoms with E-state index in [1.165, 1.54) is 0 Å². The summed E-state index contributed by atoms with van der Waals surface area (Å²) < 4.78 is 10.1. The molecule has 5 nitrogen and oxygen atoms in total. The van der Waals surface area contributed by atoms with Gasteiger partial charge in [0.2, 0.25) is 0 Å². The number of ether oxygens (including phenoxy) is 2. The third-order valence-electron chi connectivity index (χ3n) is 3.30. The summed E-state index contributed by atoms with van der Waals surface area (Å²) in [6.45, 7) is 3.18. The van der Waals surface area contributed by atoms with Crippen LogP contribution in [0.2, 0.25) is 0 Å². The van der Waals surface area contributed by atoms with Gasteiger partial charge < -0.3 is 19.8 Å². The number of benzene rings is 1. The van der Waals surface area contributed by atoms with Crippen LogP contribution in [0.3, 0.4) is 0 Å². The summed E-state index contributed by atoms with van der Waals surface area (Å²) in [7, 11) is 3.28. The number of H-pyrrole nitrogens is 1. The molecule has 0 radical (unpaired) electrons. The number of aromatic nitrogens is 1. The van der Waals surface area contributed by atoms with Gasteiger partial charge in [-0.05, 0) is 31.0 Å². The Kier molecular flexibility index (Phi) is 4.63. The van der Waals surface area contributed by atoms with Crippen LogP contribution in [0.1, 0.15) is 22.5 Å². The van der Waals surface area contributed by atoms with Crippen molar-refractivity contribution in [2.45, 2.75) is 13.3 Å². The number of methoxy groups -OCH3 is 2. The first-order valence-corrected chi connectivity index (χ1v) is 6.61. The number of aromatic amines is 1. The standard InChI is InChI=1S/C15H20N2O3/c1-10-12-6-5-11(20-3)9-13(12)17-14(10)15(18)16-7-4-8-19-2/h5-6,9,17H,4,7-8H2,1-3H3,(H,16,18). The maximum atomic E-state index is 12.1. The van der Waals surface area contributed by atoms with Crippen LogP contribution in [0, 0.1) is 6.92 Å². The normalized spacial score (nSPS) is 10.8. The highest BCUT2D eigenvalue weighted by Crippen LogP contribution is 2.25. The Morgan fingerprint density at radius 2 is 2.15 bits per heavy atom. The average Bonchev–Trinajstić information content (AvgIpc) is 2.80. The summed E-state index contributed by atoms with van der Waals surface area (Å²) in [5.74, 6) is 0.680. The van der Waals surface area contributed by atoms with E-state index in [1.807, 2.05) is 25.1 Å². The molecule has 108 valence electrons. The highest BCUT2D eigenvalue weighted by molar-refractivity contribution is 6.01. The Hall–Kier alpha value is -2.01. The molecule has 0 aliphatic heterocycles. The minimum atomic E-state index is -0.0891. The van der Waals surface area contributed by atoms with Crippen molar-refractivity contribution in [1.82, 2.24) is 10.3 Å². The molecule has 1 aromatic carbocycles. The highest BCUT2D eigenvalue weighted by atomic mass is 16.5. The van der Waals surface area contributed by atoms with Crippen molar-refractivity contribution < 1.29 is 14.3 Å². The van der Waals surface area contributed by atoms with Crippen LogP contribution in [0.15, 0.2) is 18.2 Å². The first kappa shape index (κ1) is 14.4. The molecular formula is C15H20N2O3. The molecule has 2 aromatic rings. The van der Waals surface area contributed by atoms with Crippen LogP contribution in [0.5, 0.6) is 5.75 Å². The van der Waals surface area contributed by atoms with Gasteiger partial charge in [0.1, 0.15) is 11.4 Å². The van der Waals surface area contributed by atoms with E-state index in [0.29, 0.717) is 18.8 Å². The third-order valence-corrected chi connectivity index (χ3v) is 3.30. The van der Waals surface area contributed by atoms with E-state index in [0.717, 1.165) is 28.6 Å². The largest absolute Gasteiger partial charge is 0.497 e. The number of fused-ring (bicyclic) bond motifs is 1. The van der Waals surface area contributed by atoms with E-state index >= 15 is 0 Å². The molecule has 20 heavy (non-hydrogen) atoms. The first-order valence-electron chi connectivity index (χ1n) is 6.61. The first-order chi connectivity index (χ1) is 9.67. The van der Waals surface area contributed by atoms with E-state index in [4.69, 9.17) is 9.47 Å². The van der Waals surface area contributed by atoms with Gasteiger partial charge in [0.25, 0.3) is 5.91 Å². The Morgan fingerprint density at radius 1 is 1.35 bits per heavy atom. The number of hydrogen-bond acceptors (Lipinski definition) is 3. The molecule has 0 bridgehead atoms. The SMILES string of the molecule is COCCCNC(=O)c1[nH]c2cc(OC)ccc2c1C. The van der Waals surface area contributed by atoms with Crippen molar-refractivity contribution >= 4 is 16.8 Å². The zero-order valence-electron chi connectivity index (χ0n) is 12.1. The average molecular weight is 276 g/mol. The van der Waals surface area contributed by atoms with Crippen molar-refractivity contribution in [3.05, 3.63) is 29.5 Å². The van der Waals surface area contributed by atoms with Gasteiger partial charge in [0, 0.05) is 37.2 Å². The molecule has 1 heterocycles. The number of nitrogens with one attached hydrogen (secondary N) is 2. The van der Waals surface area contributed by atoms with Gasteiger partial charge in [-0.25, -0.2) is 0 Å². The highest BCUT2D eigenvalue weighted by Gasteiger charge is 2.14. The van der Waals surface area contributed by atoms with Gasteiger partial charge in [-0.15, -0.1) is 0 Å². The van der Waals surface area contributed by atoms with E-state index in [1.54, 1.807) is 14.2 Å². The molecule has 1 amide bonds. The van der Waals surface area contributed by atoms with Gasteiger partial charge >= 0.3 is 0 Å². The summed E-state index contributed by atoms with van der Waals surface area (Å²) in [6, 6.07) is 5.75. The topological polar surface area (TPSA) is 63.3 Å². The number of carbonyl (C=O) groups is 1. The third kappa shape index (κ3) is 2.93. The fraction of sp³-hybridized carbons (Fsp3) is 0.400. The Labute approximate surface area is 118 Å². The summed E-state index contributed by atoms with van der Waals surface area (Å²) in [5, 5.41) is 3.92. The molecule has 0 unspecified atom stereocenters. The molecular weight excluding hydrogens is 256 g/mol. The summed E-state index contributed by atoms with van der Waals surface area (Å²) in [4.78, 5) is 15.3. The van der Waals surface area contributed by atoms with E-state index < -0.39 is 0 Å². The lowest BCUT2D eigenvalue weighted by molar-refractivity contribution is 0.0944. The molecule has 0 fully saturated rings. The lowest BCUT2D eigenvalue weighted by Gasteiger charge is -2.04. The molecule has 5 heteroatoms. The second-order valence-electron chi connectivity index (χ2n) is 4.64. The predicted molar refractivity (Wildman–Crippen MR) is 78.4 cm³/mol. The predicted octanol–water partition coefficient (Wildman–Crippen LogP) is 2.25. The van der Waals surface area contributed by atoms with Crippen molar-refractivity contribution in [1.29, 1.82) is 0 Å². The van der Waals surface area contributed by atoms with Gasteiger partial charge in [-0.3, -0.25) is 4.79 Å². The molecule has 0 aliphatic carbocycles. The minimum absolute atomic E-state index is 0.0891. The van der Waals surface area contributed by atoms with Crippen LogP contribution in [-0.2, 0) is 4.74 Å². The second-order valence-corrected chi connectivity index (χ2v) is 4.64. The number of carbonyl (C=O) groups excluding carboxylic acids is 1. The number of hydrogen-bond donors (Lipinski definition) is 2. The van der Waals surface area contributed by atoms with Crippen LogP contribution in [0.4, 0.5) is 0 Å². The van der Waals surface area contributed by atoms with Crippen molar-refractivity contribution in [3.8, 4) is 5.75 Å². The van der Waals surface area contributed by atoms with Gasteiger partial charge in [-0.1, -0.05) is 0 Å². The van der Waals surface area contributed by atoms with Crippen molar-refractivity contribution in [2.24, 2.45) is 0 Å². The van der Waals surface area contributed by atoms with Crippen LogP contribution < -0.4 is 10.1 Å². The lowest BCUT2D eigenvalue weighted by Crippen LogP contribution is -2.26. The summed E-state index contributed by atoms with van der Waals surface area (Å²) in [6.07, 6.45) is 0.801. The smallest absolute Gasteiger partial charge is 0.268 e. The van der Waals surface area contributed by atoms with Crippen molar-refractivity contribution in [2.75, 3.05) is 27.4 Å². The molecule has 2 N–H and O–H groups in total. The lowest BCUT2D eigenvalue weighted by atomic mass is 10.1. The van der Waals surface area contributed by atoms with E-state index in [2.05, 4.69) is 10.3 Å². The maximum Gasteiger partial charge on any atom is 0.268 e. The van der Waals surface area contributed by atoms with Gasteiger partial charge in [-0.2, -0.15) is 0 Å². The van der Waals surface area contributed by atoms with E-state index in [-0.39, 0.29) is 5.91 Å².